The summed E-state index contributed by atoms with van der Waals surface area (Å²) in [5.41, 5.74) is 0. The summed E-state index contributed by atoms with van der Waals surface area (Å²) in [4.78, 5) is 2.10. The average molecular weight is 247 g/mol. The van der Waals surface area contributed by atoms with Crippen molar-refractivity contribution in [3.63, 3.8) is 0 Å². The second-order valence-corrected chi connectivity index (χ2v) is 4.25. The van der Waals surface area contributed by atoms with E-state index < -0.39 is 0 Å². The standard InChI is InChI=1S/C13H29NO3/c1-3-5-10-16-12-14(8-7-9-15)13-17-11-6-4-2/h15H,3-13H2,1-2H3. The van der Waals surface area contributed by atoms with Crippen molar-refractivity contribution < 1.29 is 14.6 Å². The fourth-order valence-corrected chi connectivity index (χ4v) is 1.34. The van der Waals surface area contributed by atoms with E-state index in [1.54, 1.807) is 0 Å². The zero-order valence-electron chi connectivity index (χ0n) is 11.5. The van der Waals surface area contributed by atoms with E-state index >= 15 is 0 Å². The molecule has 0 heterocycles. The molecule has 4 nitrogen and oxygen atoms in total. The van der Waals surface area contributed by atoms with Crippen LogP contribution >= 0.6 is 0 Å². The van der Waals surface area contributed by atoms with Crippen molar-refractivity contribution >= 4 is 0 Å². The molecule has 0 amide bonds. The Balaban J connectivity index is 3.56. The molecule has 0 aromatic carbocycles. The Bertz CT molecular complexity index is 133. The summed E-state index contributed by atoms with van der Waals surface area (Å²) in [5, 5.41) is 8.83. The Kier molecular flexibility index (Phi) is 13.8. The van der Waals surface area contributed by atoms with Gasteiger partial charge in [-0.3, -0.25) is 4.90 Å². The van der Waals surface area contributed by atoms with Crippen molar-refractivity contribution in [3.05, 3.63) is 0 Å². The van der Waals surface area contributed by atoms with Crippen LogP contribution in [0, 0.1) is 0 Å². The van der Waals surface area contributed by atoms with Gasteiger partial charge in [-0.15, -0.1) is 0 Å². The molecular weight excluding hydrogens is 218 g/mol. The van der Waals surface area contributed by atoms with Gasteiger partial charge in [0.05, 0.1) is 0 Å². The molecule has 4 heteroatoms. The van der Waals surface area contributed by atoms with Crippen LogP contribution in [0.4, 0.5) is 0 Å². The Morgan fingerprint density at radius 1 is 0.882 bits per heavy atom. The van der Waals surface area contributed by atoms with E-state index in [0.29, 0.717) is 13.5 Å². The number of rotatable bonds is 13. The van der Waals surface area contributed by atoms with Gasteiger partial charge in [0, 0.05) is 26.4 Å². The highest BCUT2D eigenvalue weighted by Gasteiger charge is 2.04. The molecule has 17 heavy (non-hydrogen) atoms. The molecule has 0 aromatic heterocycles. The van der Waals surface area contributed by atoms with Gasteiger partial charge in [-0.05, 0) is 19.3 Å². The average Bonchev–Trinajstić information content (AvgIpc) is 2.35. The van der Waals surface area contributed by atoms with E-state index in [1.165, 1.54) is 0 Å². The molecule has 0 saturated carbocycles. The largest absolute Gasteiger partial charge is 0.396 e. The molecule has 0 bridgehead atoms. The summed E-state index contributed by atoms with van der Waals surface area (Å²) in [6.45, 7) is 8.18. The summed E-state index contributed by atoms with van der Waals surface area (Å²) in [5.74, 6) is 0. The van der Waals surface area contributed by atoms with Crippen LogP contribution in [0.25, 0.3) is 0 Å². The first-order valence-corrected chi connectivity index (χ1v) is 6.83. The maximum atomic E-state index is 8.83. The topological polar surface area (TPSA) is 41.9 Å². The lowest BCUT2D eigenvalue weighted by atomic mass is 10.4. The number of aliphatic hydroxyl groups excluding tert-OH is 1. The first kappa shape index (κ1) is 16.8. The highest BCUT2D eigenvalue weighted by Crippen LogP contribution is 1.97. The zero-order chi connectivity index (χ0) is 12.8. The summed E-state index contributed by atoms with van der Waals surface area (Å²) in [6.07, 6.45) is 5.29. The molecule has 0 aliphatic carbocycles. The second-order valence-electron chi connectivity index (χ2n) is 4.25. The smallest absolute Gasteiger partial charge is 0.101 e. The number of hydrogen-bond donors (Lipinski definition) is 1. The lowest BCUT2D eigenvalue weighted by molar-refractivity contribution is -0.0475. The van der Waals surface area contributed by atoms with Gasteiger partial charge in [-0.1, -0.05) is 26.7 Å². The van der Waals surface area contributed by atoms with E-state index in [4.69, 9.17) is 14.6 Å². The molecule has 0 aliphatic heterocycles. The highest BCUT2D eigenvalue weighted by molar-refractivity contribution is 4.48. The van der Waals surface area contributed by atoms with Crippen LogP contribution in [-0.2, 0) is 9.47 Å². The summed E-state index contributed by atoms with van der Waals surface area (Å²) in [6, 6.07) is 0. The lowest BCUT2D eigenvalue weighted by Crippen LogP contribution is -2.31. The van der Waals surface area contributed by atoms with Gasteiger partial charge in [0.15, 0.2) is 0 Å². The van der Waals surface area contributed by atoms with E-state index in [9.17, 15) is 0 Å². The molecule has 0 rings (SSSR count). The van der Waals surface area contributed by atoms with Crippen LogP contribution in [0.2, 0.25) is 0 Å². The Hall–Kier alpha value is -0.160. The molecule has 0 spiro atoms. The van der Waals surface area contributed by atoms with Crippen molar-refractivity contribution in [2.75, 3.05) is 39.8 Å². The van der Waals surface area contributed by atoms with E-state index in [0.717, 1.165) is 51.9 Å². The fourth-order valence-electron chi connectivity index (χ4n) is 1.34. The molecule has 0 unspecified atom stereocenters. The molecule has 0 radical (unpaired) electrons. The lowest BCUT2D eigenvalue weighted by Gasteiger charge is -2.21. The van der Waals surface area contributed by atoms with Crippen molar-refractivity contribution in [2.24, 2.45) is 0 Å². The SMILES string of the molecule is CCCCOCN(CCCO)COCCCC. The third kappa shape index (κ3) is 12.1. The third-order valence-corrected chi connectivity index (χ3v) is 2.46. The maximum Gasteiger partial charge on any atom is 0.101 e. The predicted molar refractivity (Wildman–Crippen MR) is 69.9 cm³/mol. The van der Waals surface area contributed by atoms with Crippen LogP contribution < -0.4 is 0 Å². The molecule has 0 aromatic rings. The molecule has 0 aliphatic rings. The van der Waals surface area contributed by atoms with Gasteiger partial charge in [0.2, 0.25) is 0 Å². The number of hydrogen-bond acceptors (Lipinski definition) is 4. The molecular formula is C13H29NO3. The summed E-state index contributed by atoms with van der Waals surface area (Å²) in [7, 11) is 0. The quantitative estimate of drug-likeness (QED) is 0.400. The molecule has 0 saturated heterocycles. The first-order valence-electron chi connectivity index (χ1n) is 6.83. The molecule has 0 atom stereocenters. The minimum atomic E-state index is 0.223. The normalized spacial score (nSPS) is 11.3. The van der Waals surface area contributed by atoms with Crippen molar-refractivity contribution in [1.82, 2.24) is 4.90 Å². The Morgan fingerprint density at radius 2 is 1.41 bits per heavy atom. The van der Waals surface area contributed by atoms with Gasteiger partial charge in [-0.2, -0.15) is 0 Å². The number of unbranched alkanes of at least 4 members (excludes halogenated alkanes) is 2. The van der Waals surface area contributed by atoms with Crippen LogP contribution in [-0.4, -0.2) is 49.8 Å². The van der Waals surface area contributed by atoms with Crippen molar-refractivity contribution in [3.8, 4) is 0 Å². The zero-order valence-corrected chi connectivity index (χ0v) is 11.5. The highest BCUT2D eigenvalue weighted by atomic mass is 16.5. The minimum Gasteiger partial charge on any atom is -0.396 e. The number of nitrogens with zero attached hydrogens (tertiary/aromatic N) is 1. The first-order chi connectivity index (χ1) is 8.35. The van der Waals surface area contributed by atoms with Crippen LogP contribution in [0.3, 0.4) is 0 Å². The van der Waals surface area contributed by atoms with Gasteiger partial charge < -0.3 is 14.6 Å². The van der Waals surface area contributed by atoms with Crippen LogP contribution in [0.15, 0.2) is 0 Å². The van der Waals surface area contributed by atoms with Gasteiger partial charge in [0.25, 0.3) is 0 Å². The minimum absolute atomic E-state index is 0.223. The van der Waals surface area contributed by atoms with Gasteiger partial charge in [-0.25, -0.2) is 0 Å². The van der Waals surface area contributed by atoms with Crippen molar-refractivity contribution in [2.45, 2.75) is 46.0 Å². The second kappa shape index (κ2) is 13.9. The van der Waals surface area contributed by atoms with E-state index in [-0.39, 0.29) is 6.61 Å². The van der Waals surface area contributed by atoms with Gasteiger partial charge >= 0.3 is 0 Å². The number of aliphatic hydroxyl groups is 1. The van der Waals surface area contributed by atoms with Crippen molar-refractivity contribution in [1.29, 1.82) is 0 Å². The van der Waals surface area contributed by atoms with Crippen LogP contribution in [0.5, 0.6) is 0 Å². The third-order valence-electron chi connectivity index (χ3n) is 2.46. The van der Waals surface area contributed by atoms with E-state index in [1.807, 2.05) is 0 Å². The van der Waals surface area contributed by atoms with Crippen LogP contribution in [0.1, 0.15) is 46.0 Å². The maximum absolute atomic E-state index is 8.83. The monoisotopic (exact) mass is 247 g/mol. The fraction of sp³-hybridized carbons (Fsp3) is 1.00. The van der Waals surface area contributed by atoms with Gasteiger partial charge in [0.1, 0.15) is 13.5 Å². The predicted octanol–water partition coefficient (Wildman–Crippen LogP) is 2.22. The molecule has 1 N–H and O–H groups in total. The molecule has 104 valence electrons. The van der Waals surface area contributed by atoms with E-state index in [2.05, 4.69) is 18.7 Å². The summed E-state index contributed by atoms with van der Waals surface area (Å²) < 4.78 is 11.1. The Labute approximate surface area is 106 Å². The molecule has 0 fully saturated rings. The Morgan fingerprint density at radius 3 is 1.82 bits per heavy atom. The number of ether oxygens (including phenoxy) is 2. The summed E-state index contributed by atoms with van der Waals surface area (Å²) >= 11 is 0.